The van der Waals surface area contributed by atoms with Gasteiger partial charge in [-0.1, -0.05) is 0 Å². The van der Waals surface area contributed by atoms with Crippen molar-refractivity contribution in [1.82, 2.24) is 0 Å². The van der Waals surface area contributed by atoms with E-state index < -0.39 is 21.8 Å². The first-order chi connectivity index (χ1) is 12.2. The number of rotatable bonds is 5. The molecule has 0 fully saturated rings. The Balaban J connectivity index is 2.71. The Morgan fingerprint density at radius 3 is 2.31 bits per heavy atom. The van der Waals surface area contributed by atoms with Gasteiger partial charge in [0.2, 0.25) is 0 Å². The molecular formula is C16H19NO8S. The minimum atomic E-state index is -3.51. The molecule has 0 bridgehead atoms. The largest absolute Gasteiger partial charge is 0.495 e. The van der Waals surface area contributed by atoms with Gasteiger partial charge in [-0.15, -0.1) is 0 Å². The molecule has 0 unspecified atom stereocenters. The molecule has 26 heavy (non-hydrogen) atoms. The van der Waals surface area contributed by atoms with Crippen LogP contribution in [-0.4, -0.2) is 61.3 Å². The fourth-order valence-electron chi connectivity index (χ4n) is 2.45. The number of methoxy groups -OCH3 is 3. The van der Waals surface area contributed by atoms with E-state index in [2.05, 4.69) is 0 Å². The minimum absolute atomic E-state index is 0.0164. The highest BCUT2D eigenvalue weighted by atomic mass is 32.2. The number of ether oxygens (including phenoxy) is 4. The number of sulfone groups is 1. The second kappa shape index (κ2) is 7.75. The molecule has 1 aromatic carbocycles. The van der Waals surface area contributed by atoms with Crippen molar-refractivity contribution in [2.75, 3.05) is 45.8 Å². The molecule has 2 rings (SSSR count). The van der Waals surface area contributed by atoms with Gasteiger partial charge < -0.3 is 23.8 Å². The van der Waals surface area contributed by atoms with Crippen LogP contribution in [0.25, 0.3) is 0 Å². The van der Waals surface area contributed by atoms with Gasteiger partial charge in [0.05, 0.1) is 44.1 Å². The minimum Gasteiger partial charge on any atom is -0.495 e. The lowest BCUT2D eigenvalue weighted by Gasteiger charge is -2.32. The standard InChI is InChI=1S/C16H19NO8S/c1-22-13-6-5-10(26(4,20)21)7-12(13)17-9-25-8-11(15(18)23-2)14(17)16(19)24-3/h5-7H,8-9H2,1-4H3. The van der Waals surface area contributed by atoms with Crippen molar-refractivity contribution in [3.05, 3.63) is 29.5 Å². The lowest BCUT2D eigenvalue weighted by Crippen LogP contribution is -2.39. The summed E-state index contributed by atoms with van der Waals surface area (Å²) in [6.07, 6.45) is 1.06. The summed E-state index contributed by atoms with van der Waals surface area (Å²) in [6, 6.07) is 4.17. The average Bonchev–Trinajstić information content (AvgIpc) is 2.64. The van der Waals surface area contributed by atoms with E-state index in [-0.39, 0.29) is 40.9 Å². The third kappa shape index (κ3) is 3.81. The van der Waals surface area contributed by atoms with Crippen molar-refractivity contribution in [1.29, 1.82) is 0 Å². The third-order valence-electron chi connectivity index (χ3n) is 3.70. The molecule has 0 spiro atoms. The molecule has 142 valence electrons. The Kier molecular flexibility index (Phi) is 5.88. The highest BCUT2D eigenvalue weighted by Crippen LogP contribution is 2.35. The number of hydrogen-bond donors (Lipinski definition) is 0. The molecule has 9 nitrogen and oxygen atoms in total. The predicted octanol–water partition coefficient (Wildman–Crippen LogP) is 0.493. The van der Waals surface area contributed by atoms with Gasteiger partial charge in [-0.25, -0.2) is 18.0 Å². The highest BCUT2D eigenvalue weighted by Gasteiger charge is 2.34. The summed E-state index contributed by atoms with van der Waals surface area (Å²) in [5.74, 6) is -1.26. The quantitative estimate of drug-likeness (QED) is 0.669. The number of carbonyl (C=O) groups is 2. The summed E-state index contributed by atoms with van der Waals surface area (Å²) in [5, 5.41) is 0. The van der Waals surface area contributed by atoms with E-state index in [1.165, 1.54) is 44.4 Å². The first-order valence-electron chi connectivity index (χ1n) is 7.37. The second-order valence-corrected chi connectivity index (χ2v) is 7.34. The van der Waals surface area contributed by atoms with E-state index in [0.29, 0.717) is 0 Å². The maximum atomic E-state index is 12.3. The summed E-state index contributed by atoms with van der Waals surface area (Å²) >= 11 is 0. The normalized spacial score (nSPS) is 14.8. The lowest BCUT2D eigenvalue weighted by molar-refractivity contribution is -0.140. The van der Waals surface area contributed by atoms with Gasteiger partial charge in [0.15, 0.2) is 9.84 Å². The van der Waals surface area contributed by atoms with Crippen LogP contribution in [0.1, 0.15) is 0 Å². The van der Waals surface area contributed by atoms with Crippen LogP contribution in [0.4, 0.5) is 5.69 Å². The Morgan fingerprint density at radius 2 is 1.77 bits per heavy atom. The SMILES string of the molecule is COC(=O)C1=C(C(=O)OC)N(c2cc(S(C)(=O)=O)ccc2OC)COC1. The van der Waals surface area contributed by atoms with Crippen LogP contribution in [0.3, 0.4) is 0 Å². The van der Waals surface area contributed by atoms with E-state index in [9.17, 15) is 18.0 Å². The Hall–Kier alpha value is -2.59. The maximum absolute atomic E-state index is 12.3. The summed E-state index contributed by atoms with van der Waals surface area (Å²) in [5.41, 5.74) is 0.0869. The van der Waals surface area contributed by atoms with Crippen molar-refractivity contribution < 1.29 is 37.0 Å². The van der Waals surface area contributed by atoms with Crippen LogP contribution in [0.2, 0.25) is 0 Å². The molecule has 0 radical (unpaired) electrons. The molecule has 1 aliphatic rings. The molecule has 0 amide bonds. The van der Waals surface area contributed by atoms with Gasteiger partial charge in [-0.05, 0) is 18.2 Å². The number of nitrogens with zero attached hydrogens (tertiary/aromatic N) is 1. The van der Waals surface area contributed by atoms with Gasteiger partial charge in [-0.2, -0.15) is 0 Å². The molecule has 0 aliphatic carbocycles. The Labute approximate surface area is 151 Å². The third-order valence-corrected chi connectivity index (χ3v) is 4.81. The fourth-order valence-corrected chi connectivity index (χ4v) is 3.09. The fraction of sp³-hybridized carbons (Fsp3) is 0.375. The molecule has 0 aromatic heterocycles. The maximum Gasteiger partial charge on any atom is 0.355 e. The van der Waals surface area contributed by atoms with Gasteiger partial charge in [0.1, 0.15) is 18.2 Å². The Morgan fingerprint density at radius 1 is 1.12 bits per heavy atom. The van der Waals surface area contributed by atoms with Crippen LogP contribution in [-0.2, 0) is 33.6 Å². The zero-order chi connectivity index (χ0) is 19.5. The molecule has 0 saturated carbocycles. The number of anilines is 1. The molecule has 10 heteroatoms. The first kappa shape index (κ1) is 19.7. The van der Waals surface area contributed by atoms with Crippen LogP contribution in [0, 0.1) is 0 Å². The van der Waals surface area contributed by atoms with Crippen molar-refractivity contribution in [2.24, 2.45) is 0 Å². The van der Waals surface area contributed by atoms with Gasteiger partial charge >= 0.3 is 11.9 Å². The van der Waals surface area contributed by atoms with Crippen molar-refractivity contribution in [3.8, 4) is 5.75 Å². The van der Waals surface area contributed by atoms with E-state index in [1.54, 1.807) is 0 Å². The van der Waals surface area contributed by atoms with Gasteiger partial charge in [0, 0.05) is 6.26 Å². The monoisotopic (exact) mass is 385 g/mol. The lowest BCUT2D eigenvalue weighted by atomic mass is 10.1. The predicted molar refractivity (Wildman–Crippen MR) is 90.5 cm³/mol. The molecule has 0 atom stereocenters. The number of carbonyl (C=O) groups excluding carboxylic acids is 2. The smallest absolute Gasteiger partial charge is 0.355 e. The van der Waals surface area contributed by atoms with Crippen LogP contribution < -0.4 is 9.64 Å². The van der Waals surface area contributed by atoms with Crippen LogP contribution >= 0.6 is 0 Å². The number of benzene rings is 1. The van der Waals surface area contributed by atoms with E-state index >= 15 is 0 Å². The second-order valence-electron chi connectivity index (χ2n) is 5.32. The van der Waals surface area contributed by atoms with E-state index in [1.807, 2.05) is 0 Å². The summed E-state index contributed by atoms with van der Waals surface area (Å²) in [6.45, 7) is -0.268. The number of hydrogen-bond acceptors (Lipinski definition) is 9. The van der Waals surface area contributed by atoms with Crippen LogP contribution in [0.5, 0.6) is 5.75 Å². The average molecular weight is 385 g/mol. The Bertz CT molecular complexity index is 859. The van der Waals surface area contributed by atoms with Crippen LogP contribution in [0.15, 0.2) is 34.4 Å². The molecule has 1 aliphatic heterocycles. The zero-order valence-corrected chi connectivity index (χ0v) is 15.6. The van der Waals surface area contributed by atoms with E-state index in [0.717, 1.165) is 6.26 Å². The summed E-state index contributed by atoms with van der Waals surface area (Å²) in [7, 11) is 0.225. The molecule has 1 heterocycles. The van der Waals surface area contributed by atoms with Crippen molar-refractivity contribution in [2.45, 2.75) is 4.90 Å². The first-order valence-corrected chi connectivity index (χ1v) is 9.26. The highest BCUT2D eigenvalue weighted by molar-refractivity contribution is 7.90. The van der Waals surface area contributed by atoms with E-state index in [4.69, 9.17) is 18.9 Å². The van der Waals surface area contributed by atoms with Crippen molar-refractivity contribution in [3.63, 3.8) is 0 Å². The topological polar surface area (TPSA) is 108 Å². The van der Waals surface area contributed by atoms with Gasteiger partial charge in [0.25, 0.3) is 0 Å². The van der Waals surface area contributed by atoms with Gasteiger partial charge in [-0.3, -0.25) is 0 Å². The zero-order valence-electron chi connectivity index (χ0n) is 14.8. The molecule has 1 aromatic rings. The molecule has 0 N–H and O–H groups in total. The molecule has 0 saturated heterocycles. The molecular weight excluding hydrogens is 366 g/mol. The summed E-state index contributed by atoms with van der Waals surface area (Å²) in [4.78, 5) is 25.7. The summed E-state index contributed by atoms with van der Waals surface area (Å²) < 4.78 is 43.9. The van der Waals surface area contributed by atoms with Crippen molar-refractivity contribution >= 4 is 27.5 Å². The number of esters is 2.